The molecule has 3 heteroatoms. The molecule has 3 saturated carbocycles. The molecule has 92 heavy (non-hydrogen) atoms. The van der Waals surface area contributed by atoms with Crippen LogP contribution in [0, 0.1) is 20.8 Å². The zero-order chi connectivity index (χ0) is 62.2. The topological polar surface area (TPSA) is 9.72 Å². The maximum absolute atomic E-state index is 2.75. The zero-order valence-corrected chi connectivity index (χ0v) is 55.3. The third-order valence-electron chi connectivity index (χ3n) is 26.8. The molecule has 0 amide bonds. The molecule has 6 atom stereocenters. The minimum atomic E-state index is -0.0414. The molecule has 0 N–H and O–H groups in total. The van der Waals surface area contributed by atoms with Crippen molar-refractivity contribution in [3.8, 4) is 33.4 Å². The Morgan fingerprint density at radius 3 is 0.946 bits per heavy atom. The molecule has 0 bridgehead atoms. The summed E-state index contributed by atoms with van der Waals surface area (Å²) < 4.78 is 0. The Balaban J connectivity index is 0.834. The van der Waals surface area contributed by atoms with Crippen molar-refractivity contribution in [2.45, 2.75) is 172 Å². The van der Waals surface area contributed by atoms with Crippen molar-refractivity contribution >= 4 is 98.8 Å². The van der Waals surface area contributed by atoms with E-state index in [0.29, 0.717) is 0 Å². The number of anilines is 6. The van der Waals surface area contributed by atoms with Gasteiger partial charge in [-0.3, -0.25) is 0 Å². The summed E-state index contributed by atoms with van der Waals surface area (Å²) in [5, 5.41) is 16.3. The van der Waals surface area contributed by atoms with Crippen LogP contribution in [0.5, 0.6) is 0 Å². The molecule has 3 nitrogen and oxygen atoms in total. The summed E-state index contributed by atoms with van der Waals surface area (Å²) in [6.07, 6.45) is 14.7. The third-order valence-corrected chi connectivity index (χ3v) is 26.8. The molecule has 6 unspecified atom stereocenters. The lowest BCUT2D eigenvalue weighted by Crippen LogP contribution is -2.54. The van der Waals surface area contributed by atoms with Gasteiger partial charge in [-0.05, 0) is 296 Å². The number of nitrogens with zero attached hydrogens (tertiary/aromatic N) is 3. The van der Waals surface area contributed by atoms with E-state index in [0.717, 1.165) is 0 Å². The largest absolute Gasteiger partial charge is 0.334 e. The van der Waals surface area contributed by atoms with Gasteiger partial charge in [-0.15, -0.1) is 0 Å². The molecule has 0 radical (unpaired) electrons. The highest BCUT2D eigenvalue weighted by Gasteiger charge is 2.60. The van der Waals surface area contributed by atoms with Crippen LogP contribution in [0.25, 0.3) is 98.0 Å². The fraction of sp³-hybridized carbons (Fsp3) is 0.303. The summed E-state index contributed by atoms with van der Waals surface area (Å²) in [4.78, 5) is 8.22. The van der Waals surface area contributed by atoms with Gasteiger partial charge in [-0.2, -0.15) is 0 Å². The number of aryl methyl sites for hydroxylation is 3. The van der Waals surface area contributed by atoms with Crippen LogP contribution < -0.4 is 14.7 Å². The number of hydrogen-bond acceptors (Lipinski definition) is 3. The molecule has 3 aliphatic carbocycles. The Kier molecular flexibility index (Phi) is 11.2. The average Bonchev–Trinajstić information content (AvgIpc) is 1.55. The first-order valence-corrected chi connectivity index (χ1v) is 35.0. The van der Waals surface area contributed by atoms with Gasteiger partial charge in [0, 0.05) is 50.4 Å². The van der Waals surface area contributed by atoms with Gasteiger partial charge in [0.15, 0.2) is 0 Å². The summed E-state index contributed by atoms with van der Waals surface area (Å²) >= 11 is 0. The SMILES string of the molecule is Cc1cc2c(cc1-c1ccc3c4cc5c(cc4c4cccc1c43)c1ccc(-c3cc4c(cc3C)N(c3ccccc3)C3(C)CCCCC43C)c3c(-c4cc6c(cc4C)N(c4ccccc4)C4(C)CCCCC64C)ccc5c31)C1(C)CCCCC1(C)N2c1ccccc1. The monoisotopic (exact) mass is 1190 g/mol. The van der Waals surface area contributed by atoms with Gasteiger partial charge in [0.05, 0.1) is 16.6 Å². The number of benzene rings is 11. The zero-order valence-electron chi connectivity index (χ0n) is 55.3. The molecule has 0 aromatic heterocycles. The molecule has 19 rings (SSSR count). The number of para-hydroxylation sites is 3. The second kappa shape index (κ2) is 18.8. The van der Waals surface area contributed by atoms with Crippen LogP contribution in [-0.2, 0) is 16.2 Å². The highest BCUT2D eigenvalue weighted by molar-refractivity contribution is 6.39. The van der Waals surface area contributed by atoms with Crippen LogP contribution in [0.3, 0.4) is 0 Å². The molecule has 3 aliphatic heterocycles. The molecule has 6 aliphatic rings. The van der Waals surface area contributed by atoms with Gasteiger partial charge in [-0.1, -0.05) is 168 Å². The molecule has 13 aromatic carbocycles. The van der Waals surface area contributed by atoms with Gasteiger partial charge < -0.3 is 14.7 Å². The number of hydrogen-bond donors (Lipinski definition) is 0. The first-order chi connectivity index (χ1) is 44.6. The van der Waals surface area contributed by atoms with E-state index in [1.165, 1.54) is 243 Å². The highest BCUT2D eigenvalue weighted by atomic mass is 15.3. The summed E-state index contributed by atoms with van der Waals surface area (Å²) in [6.45, 7) is 22.6. The summed E-state index contributed by atoms with van der Waals surface area (Å²) in [6, 6.07) is 77.0. The molecule has 3 fully saturated rings. The van der Waals surface area contributed by atoms with Crippen molar-refractivity contribution in [3.05, 3.63) is 228 Å². The van der Waals surface area contributed by atoms with Gasteiger partial charge in [0.25, 0.3) is 0 Å². The van der Waals surface area contributed by atoms with Crippen molar-refractivity contribution < 1.29 is 0 Å². The lowest BCUT2D eigenvalue weighted by molar-refractivity contribution is 0.195. The van der Waals surface area contributed by atoms with Gasteiger partial charge in [0.2, 0.25) is 0 Å². The van der Waals surface area contributed by atoms with Crippen LogP contribution in [0.1, 0.15) is 152 Å². The molecular formula is C89H83N3. The molecule has 0 spiro atoms. The Hall–Kier alpha value is -8.66. The van der Waals surface area contributed by atoms with E-state index in [4.69, 9.17) is 0 Å². The summed E-state index contributed by atoms with van der Waals surface area (Å²) in [5.74, 6) is 0. The quantitative estimate of drug-likeness (QED) is 0.164. The van der Waals surface area contributed by atoms with Crippen LogP contribution >= 0.6 is 0 Å². The van der Waals surface area contributed by atoms with Crippen molar-refractivity contribution in [2.75, 3.05) is 14.7 Å². The predicted octanol–water partition coefficient (Wildman–Crippen LogP) is 24.6. The van der Waals surface area contributed by atoms with Crippen LogP contribution in [0.2, 0.25) is 0 Å². The predicted molar refractivity (Wildman–Crippen MR) is 393 cm³/mol. The van der Waals surface area contributed by atoms with Crippen molar-refractivity contribution in [3.63, 3.8) is 0 Å². The van der Waals surface area contributed by atoms with Crippen LogP contribution in [-0.4, -0.2) is 16.6 Å². The van der Waals surface area contributed by atoms with Gasteiger partial charge in [-0.25, -0.2) is 0 Å². The molecule has 0 saturated heterocycles. The van der Waals surface area contributed by atoms with E-state index in [1.54, 1.807) is 0 Å². The van der Waals surface area contributed by atoms with Crippen molar-refractivity contribution in [2.24, 2.45) is 0 Å². The van der Waals surface area contributed by atoms with Crippen molar-refractivity contribution in [1.82, 2.24) is 0 Å². The third kappa shape index (κ3) is 6.78. The van der Waals surface area contributed by atoms with Crippen LogP contribution in [0.15, 0.2) is 194 Å². The normalized spacial score (nSPS) is 25.8. The maximum Gasteiger partial charge on any atom is 0.0517 e. The van der Waals surface area contributed by atoms with E-state index < -0.39 is 0 Å². The second-order valence-corrected chi connectivity index (χ2v) is 30.9. The average molecular weight is 1190 g/mol. The highest BCUT2D eigenvalue weighted by Crippen LogP contribution is 2.66. The van der Waals surface area contributed by atoms with E-state index in [1.807, 2.05) is 0 Å². The first-order valence-electron chi connectivity index (χ1n) is 35.0. The van der Waals surface area contributed by atoms with Gasteiger partial charge >= 0.3 is 0 Å². The Morgan fingerprint density at radius 2 is 0.565 bits per heavy atom. The lowest BCUT2D eigenvalue weighted by Gasteiger charge is -2.50. The van der Waals surface area contributed by atoms with E-state index in [9.17, 15) is 0 Å². The molecular weight excluding hydrogens is 1110 g/mol. The van der Waals surface area contributed by atoms with Crippen molar-refractivity contribution in [1.29, 1.82) is 0 Å². The lowest BCUT2D eigenvalue weighted by atomic mass is 9.61. The molecule has 3 heterocycles. The standard InChI is InChI=1S/C89H83N3/c1-54-46-78-75(84(4)40-19-22-43-87(84,7)90(78)57-26-13-10-14-27-57)51-68(54)60-34-35-65-72-50-74-67-39-37-64(70-53-77-80(48-56(70)3)92(59-30-17-12-18-31-59)89(9)45-24-21-42-86(77,89)6)82-63(36-38-66(83(67)82)73(74)49-71(72)62-33-25-32-61(60)81(62)65)69-52-76-79(47-55(69)2)91(58-28-15-11-16-29-58)88(8)44-23-20-41-85(76,88)5/h10-18,25-39,46-53H,19-24,40-45H2,1-9H3. The Labute approximate surface area is 543 Å². The number of fused-ring (bicyclic) bond motifs is 15. The first kappa shape index (κ1) is 55.0. The van der Waals surface area contributed by atoms with Gasteiger partial charge in [0.1, 0.15) is 0 Å². The molecule has 13 aromatic rings. The number of rotatable bonds is 6. The minimum Gasteiger partial charge on any atom is -0.334 e. The van der Waals surface area contributed by atoms with E-state index >= 15 is 0 Å². The smallest absolute Gasteiger partial charge is 0.0517 e. The fourth-order valence-corrected chi connectivity index (χ4v) is 21.4. The van der Waals surface area contributed by atoms with E-state index in [2.05, 4.69) is 271 Å². The maximum atomic E-state index is 2.75. The second-order valence-electron chi connectivity index (χ2n) is 30.9. The fourth-order valence-electron chi connectivity index (χ4n) is 21.4. The van der Waals surface area contributed by atoms with Crippen LogP contribution in [0.4, 0.5) is 34.1 Å². The minimum absolute atomic E-state index is 0.000618. The van der Waals surface area contributed by atoms with E-state index in [-0.39, 0.29) is 32.9 Å². The molecule has 454 valence electrons. The Bertz CT molecular complexity index is 5060. The summed E-state index contributed by atoms with van der Waals surface area (Å²) in [7, 11) is 0. The summed E-state index contributed by atoms with van der Waals surface area (Å²) in [5.41, 5.74) is 24.7. The Morgan fingerprint density at radius 1 is 0.250 bits per heavy atom.